The minimum Gasteiger partial charge on any atom is -0.377 e. The molecule has 0 spiro atoms. The quantitative estimate of drug-likeness (QED) is 0.476. The van der Waals surface area contributed by atoms with Gasteiger partial charge >= 0.3 is 0 Å². The topological polar surface area (TPSA) is 47.3 Å². The van der Waals surface area contributed by atoms with Gasteiger partial charge in [-0.25, -0.2) is 13.2 Å². The second-order valence-electron chi connectivity index (χ2n) is 3.90. The lowest BCUT2D eigenvalue weighted by Crippen LogP contribution is -2.32. The van der Waals surface area contributed by atoms with E-state index in [4.69, 9.17) is 10.6 Å². The Hall–Kier alpha value is -1.11. The van der Waals surface area contributed by atoms with Gasteiger partial charge in [0.2, 0.25) is 0 Å². The summed E-state index contributed by atoms with van der Waals surface area (Å²) in [5.74, 6) is 1.28. The molecule has 0 heterocycles. The minimum atomic E-state index is -1.49. The Bertz CT molecular complexity index is 362. The molecule has 1 unspecified atom stereocenters. The SMILES string of the molecule is CC(C)OCC(NN)c1cc(F)c(F)c(F)c1. The Labute approximate surface area is 97.7 Å². The predicted molar refractivity (Wildman–Crippen MR) is 57.5 cm³/mol. The number of ether oxygens (including phenoxy) is 1. The van der Waals surface area contributed by atoms with Crippen LogP contribution in [-0.2, 0) is 4.74 Å². The number of rotatable bonds is 5. The van der Waals surface area contributed by atoms with Gasteiger partial charge in [0.05, 0.1) is 18.8 Å². The molecule has 1 atom stereocenters. The molecule has 1 aromatic rings. The van der Waals surface area contributed by atoms with E-state index in [1.165, 1.54) is 0 Å². The minimum absolute atomic E-state index is 0.0407. The van der Waals surface area contributed by atoms with E-state index < -0.39 is 23.5 Å². The summed E-state index contributed by atoms with van der Waals surface area (Å²) in [6.07, 6.45) is -0.0407. The largest absolute Gasteiger partial charge is 0.377 e. The van der Waals surface area contributed by atoms with E-state index in [2.05, 4.69) is 5.43 Å². The molecule has 0 fully saturated rings. The zero-order chi connectivity index (χ0) is 13.0. The third-order valence-corrected chi connectivity index (χ3v) is 2.21. The van der Waals surface area contributed by atoms with Crippen molar-refractivity contribution >= 4 is 0 Å². The van der Waals surface area contributed by atoms with Crippen LogP contribution >= 0.6 is 0 Å². The summed E-state index contributed by atoms with van der Waals surface area (Å²) >= 11 is 0. The van der Waals surface area contributed by atoms with Crippen molar-refractivity contribution in [1.82, 2.24) is 5.43 Å². The Balaban J connectivity index is 2.88. The van der Waals surface area contributed by atoms with Crippen molar-refractivity contribution in [1.29, 1.82) is 0 Å². The average molecular weight is 248 g/mol. The first-order valence-electron chi connectivity index (χ1n) is 5.17. The Morgan fingerprint density at radius 2 is 1.76 bits per heavy atom. The second kappa shape index (κ2) is 6.00. The van der Waals surface area contributed by atoms with E-state index in [9.17, 15) is 13.2 Å². The van der Waals surface area contributed by atoms with Crippen LogP contribution in [0.15, 0.2) is 12.1 Å². The van der Waals surface area contributed by atoms with Crippen LogP contribution in [0.2, 0.25) is 0 Å². The first kappa shape index (κ1) is 14.0. The molecule has 6 heteroatoms. The summed E-state index contributed by atoms with van der Waals surface area (Å²) in [6, 6.07) is 1.20. The van der Waals surface area contributed by atoms with Crippen molar-refractivity contribution in [2.24, 2.45) is 5.84 Å². The molecule has 0 amide bonds. The highest BCUT2D eigenvalue weighted by Crippen LogP contribution is 2.19. The second-order valence-corrected chi connectivity index (χ2v) is 3.90. The molecule has 1 rings (SSSR count). The molecule has 0 saturated carbocycles. The number of benzene rings is 1. The lowest BCUT2D eigenvalue weighted by molar-refractivity contribution is 0.0610. The standard InChI is InChI=1S/C11H15F3N2O/c1-6(2)17-5-10(16-15)7-3-8(12)11(14)9(13)4-7/h3-4,6,10,16H,5,15H2,1-2H3. The molecule has 0 aromatic heterocycles. The van der Waals surface area contributed by atoms with Crippen LogP contribution in [-0.4, -0.2) is 12.7 Å². The summed E-state index contributed by atoms with van der Waals surface area (Å²) in [7, 11) is 0. The lowest BCUT2D eigenvalue weighted by Gasteiger charge is -2.18. The average Bonchev–Trinajstić information content (AvgIpc) is 2.26. The molecule has 96 valence electrons. The fraction of sp³-hybridized carbons (Fsp3) is 0.455. The Morgan fingerprint density at radius 3 is 2.18 bits per heavy atom. The predicted octanol–water partition coefficient (Wildman–Crippen LogP) is 2.03. The van der Waals surface area contributed by atoms with E-state index in [1.807, 2.05) is 13.8 Å². The van der Waals surface area contributed by atoms with Crippen LogP contribution in [0.3, 0.4) is 0 Å². The molecule has 17 heavy (non-hydrogen) atoms. The molecular weight excluding hydrogens is 233 g/mol. The molecule has 3 N–H and O–H groups in total. The summed E-state index contributed by atoms with van der Waals surface area (Å²) in [5, 5.41) is 0. The number of hydrogen-bond acceptors (Lipinski definition) is 3. The van der Waals surface area contributed by atoms with Crippen LogP contribution in [0, 0.1) is 17.5 Å². The number of halogens is 3. The highest BCUT2D eigenvalue weighted by atomic mass is 19.2. The maximum atomic E-state index is 13.0. The van der Waals surface area contributed by atoms with Gasteiger partial charge in [0.1, 0.15) is 0 Å². The van der Waals surface area contributed by atoms with Gasteiger partial charge < -0.3 is 4.74 Å². The van der Waals surface area contributed by atoms with Crippen LogP contribution in [0.1, 0.15) is 25.5 Å². The summed E-state index contributed by atoms with van der Waals surface area (Å²) in [4.78, 5) is 0. The summed E-state index contributed by atoms with van der Waals surface area (Å²) in [5.41, 5.74) is 2.57. The van der Waals surface area contributed by atoms with Gasteiger partial charge in [-0.3, -0.25) is 11.3 Å². The van der Waals surface area contributed by atoms with Gasteiger partial charge in [-0.15, -0.1) is 0 Å². The maximum Gasteiger partial charge on any atom is 0.194 e. The van der Waals surface area contributed by atoms with Gasteiger partial charge in [-0.1, -0.05) is 0 Å². The first-order valence-corrected chi connectivity index (χ1v) is 5.17. The van der Waals surface area contributed by atoms with Crippen LogP contribution in [0.5, 0.6) is 0 Å². The van der Waals surface area contributed by atoms with Crippen molar-refractivity contribution in [3.8, 4) is 0 Å². The van der Waals surface area contributed by atoms with Gasteiger partial charge in [0.25, 0.3) is 0 Å². The summed E-state index contributed by atoms with van der Waals surface area (Å²) in [6.45, 7) is 3.78. The molecular formula is C11H15F3N2O. The van der Waals surface area contributed by atoms with Crippen LogP contribution < -0.4 is 11.3 Å². The van der Waals surface area contributed by atoms with Crippen LogP contribution in [0.25, 0.3) is 0 Å². The van der Waals surface area contributed by atoms with Crippen molar-refractivity contribution < 1.29 is 17.9 Å². The molecule has 0 radical (unpaired) electrons. The first-order chi connectivity index (χ1) is 7.95. The van der Waals surface area contributed by atoms with Gasteiger partial charge in [-0.2, -0.15) is 0 Å². The number of hydrazine groups is 1. The lowest BCUT2D eigenvalue weighted by atomic mass is 10.1. The van der Waals surface area contributed by atoms with E-state index >= 15 is 0 Å². The molecule has 0 saturated heterocycles. The normalized spacial score (nSPS) is 13.1. The molecule has 1 aromatic carbocycles. The third-order valence-electron chi connectivity index (χ3n) is 2.21. The Kier molecular flexibility index (Phi) is 4.92. The van der Waals surface area contributed by atoms with E-state index in [0.29, 0.717) is 0 Å². The van der Waals surface area contributed by atoms with E-state index in [-0.39, 0.29) is 18.3 Å². The smallest absolute Gasteiger partial charge is 0.194 e. The monoisotopic (exact) mass is 248 g/mol. The number of nitrogens with two attached hydrogens (primary N) is 1. The number of nitrogens with one attached hydrogen (secondary N) is 1. The molecule has 0 aliphatic heterocycles. The van der Waals surface area contributed by atoms with Gasteiger partial charge in [0, 0.05) is 0 Å². The highest BCUT2D eigenvalue weighted by molar-refractivity contribution is 5.22. The van der Waals surface area contributed by atoms with Crippen molar-refractivity contribution in [3.63, 3.8) is 0 Å². The van der Waals surface area contributed by atoms with E-state index in [1.54, 1.807) is 0 Å². The fourth-order valence-corrected chi connectivity index (χ4v) is 1.31. The maximum absolute atomic E-state index is 13.0. The molecule has 0 aliphatic rings. The third kappa shape index (κ3) is 3.69. The highest BCUT2D eigenvalue weighted by Gasteiger charge is 2.17. The molecule has 3 nitrogen and oxygen atoms in total. The van der Waals surface area contributed by atoms with Crippen molar-refractivity contribution in [2.75, 3.05) is 6.61 Å². The Morgan fingerprint density at radius 1 is 1.24 bits per heavy atom. The summed E-state index contributed by atoms with van der Waals surface area (Å²) < 4.78 is 44.1. The zero-order valence-corrected chi connectivity index (χ0v) is 9.64. The molecule has 0 bridgehead atoms. The zero-order valence-electron chi connectivity index (χ0n) is 9.64. The van der Waals surface area contributed by atoms with E-state index in [0.717, 1.165) is 12.1 Å². The van der Waals surface area contributed by atoms with Gasteiger partial charge in [-0.05, 0) is 31.5 Å². The van der Waals surface area contributed by atoms with Crippen LogP contribution in [0.4, 0.5) is 13.2 Å². The van der Waals surface area contributed by atoms with Crippen molar-refractivity contribution in [3.05, 3.63) is 35.1 Å². The number of hydrogen-bond donors (Lipinski definition) is 2. The van der Waals surface area contributed by atoms with Gasteiger partial charge in [0.15, 0.2) is 17.5 Å². The van der Waals surface area contributed by atoms with Crippen molar-refractivity contribution in [2.45, 2.75) is 26.0 Å². The fourth-order valence-electron chi connectivity index (χ4n) is 1.31. The molecule has 0 aliphatic carbocycles.